The van der Waals surface area contributed by atoms with Gasteiger partial charge in [0.05, 0.1) is 26.8 Å². The normalized spacial score (nSPS) is 13.9. The van der Waals surface area contributed by atoms with Crippen molar-refractivity contribution in [1.29, 1.82) is 0 Å². The van der Waals surface area contributed by atoms with Crippen molar-refractivity contribution < 1.29 is 10.2 Å². The Morgan fingerprint density at radius 1 is 1.00 bits per heavy atom. The monoisotopic (exact) mass is 339 g/mol. The Bertz CT molecular complexity index is 248. The van der Waals surface area contributed by atoms with Gasteiger partial charge < -0.3 is 15.9 Å². The average molecular weight is 340 g/mol. The Labute approximate surface area is 139 Å². The third kappa shape index (κ3) is 9.90. The molecule has 130 valence electrons. The first kappa shape index (κ1) is 23.7. The fourth-order valence-corrected chi connectivity index (χ4v) is 5.29. The lowest BCUT2D eigenvalue weighted by Crippen LogP contribution is -2.50. The summed E-state index contributed by atoms with van der Waals surface area (Å²) in [7, 11) is -1.32. The highest BCUT2D eigenvalue weighted by atomic mass is 35.5. The highest BCUT2D eigenvalue weighted by Gasteiger charge is 2.34. The molecule has 0 saturated carbocycles. The van der Waals surface area contributed by atoms with E-state index in [-0.39, 0.29) is 25.6 Å². The molecule has 21 heavy (non-hydrogen) atoms. The van der Waals surface area contributed by atoms with Gasteiger partial charge in [-0.3, -0.25) is 0 Å². The van der Waals surface area contributed by atoms with E-state index in [0.29, 0.717) is 5.54 Å². The average Bonchev–Trinajstić information content (AvgIpc) is 2.42. The second-order valence-electron chi connectivity index (χ2n) is 7.29. The van der Waals surface area contributed by atoms with Gasteiger partial charge >= 0.3 is 0 Å². The van der Waals surface area contributed by atoms with E-state index in [1.165, 1.54) is 44.6 Å². The standard InChI is InChI=1S/C16H37NO2Si.ClH/c1-5-6-7-8-9-10-11-20(3,4)15(2)12-16(17,13-18)14-19;/h15,18-19H,5-14,17H2,1-4H3;1H. The van der Waals surface area contributed by atoms with E-state index in [4.69, 9.17) is 5.73 Å². The lowest BCUT2D eigenvalue weighted by Gasteiger charge is -2.36. The molecule has 0 rings (SSSR count). The maximum Gasteiger partial charge on any atom is 0.0633 e. The Morgan fingerprint density at radius 3 is 1.95 bits per heavy atom. The number of aliphatic hydroxyl groups excluding tert-OH is 2. The summed E-state index contributed by atoms with van der Waals surface area (Å²) in [5.41, 5.74) is 5.76. The highest BCUT2D eigenvalue weighted by Crippen LogP contribution is 2.33. The summed E-state index contributed by atoms with van der Waals surface area (Å²) in [6, 6.07) is 1.33. The third-order valence-corrected chi connectivity index (χ3v) is 9.37. The predicted molar refractivity (Wildman–Crippen MR) is 98.0 cm³/mol. The van der Waals surface area contributed by atoms with Crippen molar-refractivity contribution in [2.75, 3.05) is 13.2 Å². The molecule has 0 aromatic heterocycles. The van der Waals surface area contributed by atoms with Gasteiger partial charge in [0.1, 0.15) is 0 Å². The summed E-state index contributed by atoms with van der Waals surface area (Å²) < 4.78 is 0. The molecule has 0 heterocycles. The van der Waals surface area contributed by atoms with Crippen LogP contribution in [0.4, 0.5) is 0 Å². The summed E-state index contributed by atoms with van der Waals surface area (Å²) >= 11 is 0. The minimum absolute atomic E-state index is 0. The Balaban J connectivity index is 0. The van der Waals surface area contributed by atoms with Crippen LogP contribution in [0.1, 0.15) is 58.8 Å². The zero-order chi connectivity index (χ0) is 15.6. The van der Waals surface area contributed by atoms with Gasteiger partial charge in [-0.15, -0.1) is 12.4 Å². The van der Waals surface area contributed by atoms with Crippen molar-refractivity contribution in [3.8, 4) is 0 Å². The summed E-state index contributed by atoms with van der Waals surface area (Å²) in [6.07, 6.45) is 8.79. The molecular weight excluding hydrogens is 302 g/mol. The first-order chi connectivity index (χ1) is 9.31. The molecule has 5 heteroatoms. The Morgan fingerprint density at radius 2 is 1.48 bits per heavy atom. The van der Waals surface area contributed by atoms with Crippen LogP contribution < -0.4 is 5.73 Å². The van der Waals surface area contributed by atoms with Crippen molar-refractivity contribution >= 4 is 20.5 Å². The molecule has 0 spiro atoms. The van der Waals surface area contributed by atoms with Gasteiger partial charge in [-0.25, -0.2) is 0 Å². The fraction of sp³-hybridized carbons (Fsp3) is 1.00. The first-order valence-electron chi connectivity index (χ1n) is 8.32. The van der Waals surface area contributed by atoms with Crippen LogP contribution in [0, 0.1) is 0 Å². The van der Waals surface area contributed by atoms with Gasteiger partial charge in [-0.2, -0.15) is 0 Å². The Hall–Kier alpha value is 0.387. The van der Waals surface area contributed by atoms with E-state index in [1.807, 2.05) is 0 Å². The lowest BCUT2D eigenvalue weighted by molar-refractivity contribution is 0.113. The van der Waals surface area contributed by atoms with Crippen molar-refractivity contribution in [2.45, 2.75) is 89.0 Å². The smallest absolute Gasteiger partial charge is 0.0633 e. The van der Waals surface area contributed by atoms with Crippen LogP contribution in [-0.4, -0.2) is 37.0 Å². The van der Waals surface area contributed by atoms with Gasteiger partial charge in [0.15, 0.2) is 0 Å². The second-order valence-corrected chi connectivity index (χ2v) is 12.8. The number of hydrogen-bond donors (Lipinski definition) is 3. The van der Waals surface area contributed by atoms with Crippen molar-refractivity contribution in [1.82, 2.24) is 0 Å². The second kappa shape index (κ2) is 11.9. The van der Waals surface area contributed by atoms with Crippen molar-refractivity contribution in [2.24, 2.45) is 5.73 Å². The molecular formula is C16H38ClNO2Si. The maximum absolute atomic E-state index is 9.33. The molecule has 0 fully saturated rings. The number of unbranched alkanes of at least 4 members (excludes halogenated alkanes) is 5. The molecule has 1 atom stereocenters. The molecule has 0 bridgehead atoms. The quantitative estimate of drug-likeness (QED) is 0.372. The van der Waals surface area contributed by atoms with Crippen molar-refractivity contribution in [3.05, 3.63) is 0 Å². The van der Waals surface area contributed by atoms with Gasteiger partial charge in [-0.05, 0) is 12.0 Å². The van der Waals surface area contributed by atoms with Crippen LogP contribution in [0.2, 0.25) is 24.7 Å². The summed E-state index contributed by atoms with van der Waals surface area (Å²) in [4.78, 5) is 0. The van der Waals surface area contributed by atoms with Gasteiger partial charge in [0.2, 0.25) is 0 Å². The minimum Gasteiger partial charge on any atom is -0.394 e. The van der Waals surface area contributed by atoms with E-state index in [2.05, 4.69) is 26.9 Å². The van der Waals surface area contributed by atoms with Crippen LogP contribution in [0.15, 0.2) is 0 Å². The van der Waals surface area contributed by atoms with Gasteiger partial charge in [0, 0.05) is 0 Å². The van der Waals surface area contributed by atoms with Crippen molar-refractivity contribution in [3.63, 3.8) is 0 Å². The Kier molecular flexibility index (Phi) is 13.4. The number of aliphatic hydroxyl groups is 2. The molecule has 0 aliphatic heterocycles. The molecule has 0 amide bonds. The zero-order valence-electron chi connectivity index (χ0n) is 14.5. The van der Waals surface area contributed by atoms with Crippen LogP contribution in [0.3, 0.4) is 0 Å². The predicted octanol–water partition coefficient (Wildman–Crippen LogP) is 3.94. The molecule has 0 aromatic carbocycles. The highest BCUT2D eigenvalue weighted by molar-refractivity contribution is 6.78. The van der Waals surface area contributed by atoms with Crippen LogP contribution in [0.5, 0.6) is 0 Å². The number of hydrogen-bond acceptors (Lipinski definition) is 3. The van der Waals surface area contributed by atoms with E-state index >= 15 is 0 Å². The topological polar surface area (TPSA) is 66.5 Å². The van der Waals surface area contributed by atoms with Gasteiger partial charge in [-0.1, -0.05) is 71.5 Å². The summed E-state index contributed by atoms with van der Waals surface area (Å²) in [5, 5.41) is 18.7. The lowest BCUT2D eigenvalue weighted by atomic mass is 9.97. The number of halogens is 1. The number of rotatable bonds is 12. The summed E-state index contributed by atoms with van der Waals surface area (Å²) in [6.45, 7) is 9.07. The first-order valence-corrected chi connectivity index (χ1v) is 11.6. The molecule has 0 saturated heterocycles. The molecule has 0 aromatic rings. The molecule has 0 aliphatic carbocycles. The molecule has 0 radical (unpaired) electrons. The fourth-order valence-electron chi connectivity index (χ4n) is 2.67. The third-order valence-electron chi connectivity index (χ3n) is 4.85. The van der Waals surface area contributed by atoms with E-state index < -0.39 is 13.6 Å². The molecule has 1 unspecified atom stereocenters. The van der Waals surface area contributed by atoms with E-state index in [9.17, 15) is 10.2 Å². The zero-order valence-corrected chi connectivity index (χ0v) is 16.3. The summed E-state index contributed by atoms with van der Waals surface area (Å²) in [5.74, 6) is 0. The van der Waals surface area contributed by atoms with Crippen LogP contribution in [0.25, 0.3) is 0 Å². The van der Waals surface area contributed by atoms with Crippen LogP contribution in [-0.2, 0) is 0 Å². The van der Waals surface area contributed by atoms with Gasteiger partial charge in [0.25, 0.3) is 0 Å². The molecule has 0 aliphatic rings. The molecule has 3 nitrogen and oxygen atoms in total. The van der Waals surface area contributed by atoms with Crippen LogP contribution >= 0.6 is 12.4 Å². The molecule has 4 N–H and O–H groups in total. The SMILES string of the molecule is CCCCCCCC[Si](C)(C)C(C)CC(N)(CO)CO.Cl. The minimum atomic E-state index is -1.32. The van der Waals surface area contributed by atoms with E-state index in [0.717, 1.165) is 6.42 Å². The largest absolute Gasteiger partial charge is 0.394 e. The maximum atomic E-state index is 9.33. The van der Waals surface area contributed by atoms with E-state index in [1.54, 1.807) is 0 Å². The number of nitrogens with two attached hydrogens (primary N) is 1.